The van der Waals surface area contributed by atoms with Crippen LogP contribution in [0.15, 0.2) is 30.3 Å². The van der Waals surface area contributed by atoms with Gasteiger partial charge in [0.2, 0.25) is 0 Å². The molecular weight excluding hydrogens is 219 g/mol. The first-order chi connectivity index (χ1) is 7.48. The highest BCUT2D eigenvalue weighted by molar-refractivity contribution is 5.97. The van der Waals surface area contributed by atoms with Crippen molar-refractivity contribution < 1.29 is 17.9 Å². The first kappa shape index (κ1) is 11.0. The zero-order valence-corrected chi connectivity index (χ0v) is 8.37. The van der Waals surface area contributed by atoms with Crippen molar-refractivity contribution in [2.24, 2.45) is 5.92 Å². The molecule has 0 bridgehead atoms. The van der Waals surface area contributed by atoms with Crippen molar-refractivity contribution >= 4 is 5.71 Å². The molecule has 5 heteroatoms. The van der Waals surface area contributed by atoms with Crippen LogP contribution in [0.5, 0.6) is 0 Å². The second kappa shape index (κ2) is 3.81. The van der Waals surface area contributed by atoms with Gasteiger partial charge in [0.25, 0.3) is 0 Å². The van der Waals surface area contributed by atoms with E-state index in [-0.39, 0.29) is 12.1 Å². The molecule has 0 amide bonds. The molecule has 1 atom stereocenters. The van der Waals surface area contributed by atoms with Gasteiger partial charge in [-0.05, 0) is 12.1 Å². The molecule has 86 valence electrons. The summed E-state index contributed by atoms with van der Waals surface area (Å²) in [6.45, 7) is -0.492. The average Bonchev–Trinajstić information content (AvgIpc) is 2.61. The van der Waals surface area contributed by atoms with Crippen molar-refractivity contribution in [1.29, 1.82) is 0 Å². The lowest BCUT2D eigenvalue weighted by Crippen LogP contribution is -2.25. The summed E-state index contributed by atoms with van der Waals surface area (Å²) in [6, 6.07) is 8.47. The summed E-state index contributed by atoms with van der Waals surface area (Å²) < 4.78 is 37.8. The monoisotopic (exact) mass is 229 g/mol. The van der Waals surface area contributed by atoms with Crippen molar-refractivity contribution in [3.05, 3.63) is 41.1 Å². The highest BCUT2D eigenvalue weighted by Gasteiger charge is 2.47. The van der Waals surface area contributed by atoms with Crippen LogP contribution in [0.4, 0.5) is 13.2 Å². The SMILES string of the molecule is [O-][N+]1=C(c2ccccc2)C[C@@H](C(F)(F)F)C1. The van der Waals surface area contributed by atoms with Crippen molar-refractivity contribution in [3.63, 3.8) is 0 Å². The third-order valence-corrected chi connectivity index (χ3v) is 2.70. The Bertz CT molecular complexity index is 411. The Morgan fingerprint density at radius 1 is 1.19 bits per heavy atom. The van der Waals surface area contributed by atoms with E-state index in [1.165, 1.54) is 0 Å². The molecule has 0 saturated heterocycles. The maximum absolute atomic E-state index is 12.4. The molecule has 0 unspecified atom stereocenters. The number of hydrogen-bond donors (Lipinski definition) is 0. The largest absolute Gasteiger partial charge is 0.624 e. The molecular formula is C11H10F3NO. The lowest BCUT2D eigenvalue weighted by atomic mass is 10.0. The molecule has 0 aliphatic carbocycles. The van der Waals surface area contributed by atoms with E-state index in [1.54, 1.807) is 30.3 Å². The second-order valence-electron chi connectivity index (χ2n) is 3.82. The first-order valence-corrected chi connectivity index (χ1v) is 4.91. The van der Waals surface area contributed by atoms with Crippen LogP contribution in [0.3, 0.4) is 0 Å². The highest BCUT2D eigenvalue weighted by Crippen LogP contribution is 2.33. The number of rotatable bonds is 1. The summed E-state index contributed by atoms with van der Waals surface area (Å²) in [7, 11) is 0. The summed E-state index contributed by atoms with van der Waals surface area (Å²) in [5, 5.41) is 11.4. The fourth-order valence-electron chi connectivity index (χ4n) is 1.82. The van der Waals surface area contributed by atoms with Gasteiger partial charge in [-0.1, -0.05) is 18.2 Å². The number of hydroxylamine groups is 1. The normalized spacial score (nSPS) is 21.6. The Labute approximate surface area is 90.6 Å². The van der Waals surface area contributed by atoms with Crippen LogP contribution in [0.25, 0.3) is 0 Å². The zero-order chi connectivity index (χ0) is 11.8. The summed E-state index contributed by atoms with van der Waals surface area (Å²) >= 11 is 0. The highest BCUT2D eigenvalue weighted by atomic mass is 19.4. The maximum Gasteiger partial charge on any atom is 0.398 e. The minimum absolute atomic E-state index is 0.225. The Morgan fingerprint density at radius 2 is 1.81 bits per heavy atom. The average molecular weight is 229 g/mol. The van der Waals surface area contributed by atoms with Gasteiger partial charge in [-0.15, -0.1) is 0 Å². The van der Waals surface area contributed by atoms with E-state index in [0.717, 1.165) is 0 Å². The predicted molar refractivity (Wildman–Crippen MR) is 53.2 cm³/mol. The number of benzene rings is 1. The predicted octanol–water partition coefficient (Wildman–Crippen LogP) is 2.57. The molecule has 1 aromatic rings. The third-order valence-electron chi connectivity index (χ3n) is 2.70. The first-order valence-electron chi connectivity index (χ1n) is 4.91. The zero-order valence-electron chi connectivity index (χ0n) is 8.37. The Hall–Kier alpha value is -1.52. The van der Waals surface area contributed by atoms with Gasteiger partial charge < -0.3 is 5.21 Å². The van der Waals surface area contributed by atoms with Crippen LogP contribution < -0.4 is 0 Å². The summed E-state index contributed by atoms with van der Waals surface area (Å²) in [6.07, 6.45) is -4.52. The number of halogens is 3. The maximum atomic E-state index is 12.4. The molecule has 0 spiro atoms. The van der Waals surface area contributed by atoms with Crippen LogP contribution in [-0.2, 0) is 0 Å². The van der Waals surface area contributed by atoms with Gasteiger partial charge in [-0.25, -0.2) is 4.74 Å². The number of nitrogens with zero attached hydrogens (tertiary/aromatic N) is 1. The fraction of sp³-hybridized carbons (Fsp3) is 0.364. The van der Waals surface area contributed by atoms with Gasteiger partial charge in [0, 0.05) is 5.56 Å². The molecule has 0 fully saturated rings. The van der Waals surface area contributed by atoms with Crippen LogP contribution >= 0.6 is 0 Å². The van der Waals surface area contributed by atoms with Crippen molar-refractivity contribution in [2.45, 2.75) is 12.6 Å². The molecule has 1 aliphatic heterocycles. The van der Waals surface area contributed by atoms with Gasteiger partial charge >= 0.3 is 6.18 Å². The molecule has 2 nitrogen and oxygen atoms in total. The molecule has 1 aromatic carbocycles. The Balaban J connectivity index is 2.23. The van der Waals surface area contributed by atoms with Crippen LogP contribution in [0, 0.1) is 11.1 Å². The summed E-state index contributed by atoms with van der Waals surface area (Å²) in [4.78, 5) is 0. The van der Waals surface area contributed by atoms with E-state index in [1.807, 2.05) is 0 Å². The Kier molecular flexibility index (Phi) is 2.61. The van der Waals surface area contributed by atoms with Gasteiger partial charge in [0.05, 0.1) is 6.42 Å². The Morgan fingerprint density at radius 3 is 2.31 bits per heavy atom. The van der Waals surface area contributed by atoms with Gasteiger partial charge in [-0.2, -0.15) is 13.2 Å². The van der Waals surface area contributed by atoms with E-state index in [4.69, 9.17) is 0 Å². The standard InChI is InChI=1S/C11H10F3NO/c12-11(13,14)9-6-10(15(16)7-9)8-4-2-1-3-5-8/h1-5,9H,6-7H2/t9-/m1/s1. The van der Waals surface area contributed by atoms with Crippen molar-refractivity contribution in [1.82, 2.24) is 0 Å². The molecule has 0 N–H and O–H groups in total. The minimum Gasteiger partial charge on any atom is -0.624 e. The molecule has 16 heavy (non-hydrogen) atoms. The van der Waals surface area contributed by atoms with Gasteiger partial charge in [0.15, 0.2) is 12.3 Å². The van der Waals surface area contributed by atoms with E-state index in [9.17, 15) is 18.4 Å². The molecule has 2 rings (SSSR count). The van der Waals surface area contributed by atoms with Gasteiger partial charge in [-0.3, -0.25) is 0 Å². The van der Waals surface area contributed by atoms with Crippen molar-refractivity contribution in [3.8, 4) is 0 Å². The molecule has 1 aliphatic rings. The van der Waals surface area contributed by atoms with Crippen LogP contribution in [0.1, 0.15) is 12.0 Å². The molecule has 0 saturated carbocycles. The van der Waals surface area contributed by atoms with E-state index >= 15 is 0 Å². The quantitative estimate of drug-likeness (QED) is 0.537. The lowest BCUT2D eigenvalue weighted by Gasteiger charge is -2.10. The number of hydrogen-bond acceptors (Lipinski definition) is 1. The summed E-state index contributed by atoms with van der Waals surface area (Å²) in [5.41, 5.74) is 0.798. The lowest BCUT2D eigenvalue weighted by molar-refractivity contribution is -0.462. The summed E-state index contributed by atoms with van der Waals surface area (Å²) in [5.74, 6) is -1.54. The second-order valence-corrected chi connectivity index (χ2v) is 3.82. The third kappa shape index (κ3) is 2.03. The molecule has 0 radical (unpaired) electrons. The molecule has 1 heterocycles. The topological polar surface area (TPSA) is 26.1 Å². The van der Waals surface area contributed by atoms with Gasteiger partial charge in [0.1, 0.15) is 5.92 Å². The molecule has 0 aromatic heterocycles. The number of alkyl halides is 3. The van der Waals surface area contributed by atoms with Crippen LogP contribution in [0.2, 0.25) is 0 Å². The fourth-order valence-corrected chi connectivity index (χ4v) is 1.82. The van der Waals surface area contributed by atoms with E-state index < -0.39 is 18.6 Å². The van der Waals surface area contributed by atoms with Crippen molar-refractivity contribution in [2.75, 3.05) is 6.54 Å². The smallest absolute Gasteiger partial charge is 0.398 e. The minimum atomic E-state index is -4.29. The van der Waals surface area contributed by atoms with Crippen LogP contribution in [-0.4, -0.2) is 23.2 Å². The van der Waals surface area contributed by atoms with E-state index in [0.29, 0.717) is 10.3 Å². The van der Waals surface area contributed by atoms with E-state index in [2.05, 4.69) is 0 Å².